The molecule has 0 saturated carbocycles. The Labute approximate surface area is 168 Å². The van der Waals surface area contributed by atoms with Gasteiger partial charge in [-0.3, -0.25) is 4.79 Å². The maximum absolute atomic E-state index is 13.0. The lowest BCUT2D eigenvalue weighted by atomic mass is 10.1. The van der Waals surface area contributed by atoms with Crippen LogP contribution in [0, 0.1) is 13.8 Å². The number of carbonyl (C=O) groups excluding carboxylic acids is 2. The fourth-order valence-corrected chi connectivity index (χ4v) is 2.87. The van der Waals surface area contributed by atoms with Crippen LogP contribution in [0.1, 0.15) is 33.2 Å². The first kappa shape index (κ1) is 19.6. The number of aryl methyl sites for hydroxylation is 2. The number of esters is 1. The largest absolute Gasteiger partial charge is 0.444 e. The van der Waals surface area contributed by atoms with Gasteiger partial charge in [-0.05, 0) is 43.2 Å². The van der Waals surface area contributed by atoms with Gasteiger partial charge < -0.3 is 10.1 Å². The summed E-state index contributed by atoms with van der Waals surface area (Å²) in [7, 11) is 0. The van der Waals surface area contributed by atoms with Crippen molar-refractivity contribution in [2.45, 2.75) is 20.0 Å². The number of benzene rings is 2. The third kappa shape index (κ3) is 4.56. The van der Waals surface area contributed by atoms with Crippen LogP contribution in [0.2, 0.25) is 5.15 Å². The van der Waals surface area contributed by atoms with Crippen molar-refractivity contribution in [2.75, 3.05) is 5.32 Å². The molecule has 0 aliphatic rings. The molecule has 1 heterocycles. The number of ether oxygens (including phenoxy) is 1. The number of aromatic nitrogens is 1. The van der Waals surface area contributed by atoms with E-state index in [1.54, 1.807) is 30.3 Å². The monoisotopic (exact) mass is 394 g/mol. The van der Waals surface area contributed by atoms with Gasteiger partial charge >= 0.3 is 5.97 Å². The standard InChI is InChI=1S/C22H19ClN2O3/c1-14-10-11-15(2)18(13-14)25-21(26)19(16-7-4-3-5-8-16)28-22(27)17-9-6-12-24-20(17)23/h3-13,19H,1-2H3,(H,25,26)/t19-/m1/s1. The van der Waals surface area contributed by atoms with Crippen LogP contribution in [-0.4, -0.2) is 16.9 Å². The van der Waals surface area contributed by atoms with E-state index in [1.165, 1.54) is 12.3 Å². The molecule has 0 saturated heterocycles. The van der Waals surface area contributed by atoms with E-state index in [1.807, 2.05) is 38.1 Å². The molecule has 3 aromatic rings. The molecule has 1 atom stereocenters. The Morgan fingerprint density at radius 3 is 2.50 bits per heavy atom. The Bertz CT molecular complexity index is 1010. The predicted octanol–water partition coefficient (Wildman–Crippen LogP) is 4.89. The van der Waals surface area contributed by atoms with Gasteiger partial charge in [-0.1, -0.05) is 54.1 Å². The summed E-state index contributed by atoms with van der Waals surface area (Å²) in [5.41, 5.74) is 3.24. The van der Waals surface area contributed by atoms with E-state index >= 15 is 0 Å². The molecule has 0 aliphatic heterocycles. The lowest BCUT2D eigenvalue weighted by molar-refractivity contribution is -0.125. The molecule has 1 aromatic heterocycles. The highest BCUT2D eigenvalue weighted by molar-refractivity contribution is 6.32. The number of anilines is 1. The number of hydrogen-bond donors (Lipinski definition) is 1. The van der Waals surface area contributed by atoms with Gasteiger partial charge in [0.2, 0.25) is 6.10 Å². The summed E-state index contributed by atoms with van der Waals surface area (Å²) >= 11 is 5.98. The third-order valence-corrected chi connectivity index (χ3v) is 4.50. The molecule has 142 valence electrons. The molecule has 0 aliphatic carbocycles. The van der Waals surface area contributed by atoms with Crippen molar-refractivity contribution in [3.63, 3.8) is 0 Å². The van der Waals surface area contributed by atoms with Crippen molar-refractivity contribution >= 4 is 29.2 Å². The number of nitrogens with zero attached hydrogens (tertiary/aromatic N) is 1. The summed E-state index contributed by atoms with van der Waals surface area (Å²) in [4.78, 5) is 29.5. The van der Waals surface area contributed by atoms with E-state index in [4.69, 9.17) is 16.3 Å². The van der Waals surface area contributed by atoms with E-state index in [2.05, 4.69) is 10.3 Å². The molecule has 3 rings (SSSR count). The lowest BCUT2D eigenvalue weighted by Crippen LogP contribution is -2.26. The fraction of sp³-hybridized carbons (Fsp3) is 0.136. The Balaban J connectivity index is 1.89. The summed E-state index contributed by atoms with van der Waals surface area (Å²) < 4.78 is 5.53. The second-order valence-electron chi connectivity index (χ2n) is 6.35. The minimum atomic E-state index is -1.13. The molecule has 0 unspecified atom stereocenters. The lowest BCUT2D eigenvalue weighted by Gasteiger charge is -2.19. The first-order valence-corrected chi connectivity index (χ1v) is 9.08. The second-order valence-corrected chi connectivity index (χ2v) is 6.70. The molecule has 0 spiro atoms. The molecule has 1 N–H and O–H groups in total. The molecule has 1 amide bonds. The van der Waals surface area contributed by atoms with E-state index in [-0.39, 0.29) is 10.7 Å². The van der Waals surface area contributed by atoms with Gasteiger partial charge in [-0.25, -0.2) is 9.78 Å². The fourth-order valence-electron chi connectivity index (χ4n) is 2.68. The summed E-state index contributed by atoms with van der Waals surface area (Å²) in [6.45, 7) is 3.84. The van der Waals surface area contributed by atoms with Crippen LogP contribution in [0.25, 0.3) is 0 Å². The van der Waals surface area contributed by atoms with Crippen LogP contribution in [-0.2, 0) is 9.53 Å². The van der Waals surface area contributed by atoms with E-state index in [0.717, 1.165) is 11.1 Å². The second kappa shape index (κ2) is 8.67. The molecule has 5 nitrogen and oxygen atoms in total. The molecular weight excluding hydrogens is 376 g/mol. The quantitative estimate of drug-likeness (QED) is 0.494. The summed E-state index contributed by atoms with van der Waals surface area (Å²) in [5.74, 6) is -1.17. The minimum absolute atomic E-state index is 0.0225. The minimum Gasteiger partial charge on any atom is -0.444 e. The van der Waals surface area contributed by atoms with E-state index in [0.29, 0.717) is 11.3 Å². The average molecular weight is 395 g/mol. The van der Waals surface area contributed by atoms with Crippen molar-refractivity contribution in [1.29, 1.82) is 0 Å². The van der Waals surface area contributed by atoms with Gasteiger partial charge in [0.15, 0.2) is 0 Å². The molecule has 6 heteroatoms. The molecule has 28 heavy (non-hydrogen) atoms. The molecular formula is C22H19ClN2O3. The Morgan fingerprint density at radius 2 is 1.79 bits per heavy atom. The van der Waals surface area contributed by atoms with Crippen LogP contribution < -0.4 is 5.32 Å². The Morgan fingerprint density at radius 1 is 1.04 bits per heavy atom. The maximum atomic E-state index is 13.0. The van der Waals surface area contributed by atoms with Crippen molar-refractivity contribution in [3.8, 4) is 0 Å². The number of nitrogens with one attached hydrogen (secondary N) is 1. The maximum Gasteiger partial charge on any atom is 0.342 e. The summed E-state index contributed by atoms with van der Waals surface area (Å²) in [6.07, 6.45) is 0.339. The van der Waals surface area contributed by atoms with Crippen LogP contribution in [0.4, 0.5) is 5.69 Å². The number of hydrogen-bond acceptors (Lipinski definition) is 4. The average Bonchev–Trinajstić information content (AvgIpc) is 2.69. The van der Waals surface area contributed by atoms with Crippen LogP contribution in [0.3, 0.4) is 0 Å². The highest BCUT2D eigenvalue weighted by atomic mass is 35.5. The number of pyridine rings is 1. The zero-order chi connectivity index (χ0) is 20.1. The van der Waals surface area contributed by atoms with Gasteiger partial charge in [-0.2, -0.15) is 0 Å². The molecule has 0 fully saturated rings. The SMILES string of the molecule is Cc1ccc(C)c(NC(=O)[C@H](OC(=O)c2cccnc2Cl)c2ccccc2)c1. The number of halogens is 1. The van der Waals surface area contributed by atoms with Gasteiger partial charge in [0.05, 0.1) is 5.56 Å². The molecule has 0 radical (unpaired) electrons. The van der Waals surface area contributed by atoms with Crippen LogP contribution in [0.5, 0.6) is 0 Å². The van der Waals surface area contributed by atoms with Gasteiger partial charge in [0, 0.05) is 17.4 Å². The summed E-state index contributed by atoms with van der Waals surface area (Å²) in [5, 5.41) is 2.88. The zero-order valence-electron chi connectivity index (χ0n) is 15.5. The Hall–Kier alpha value is -3.18. The van der Waals surface area contributed by atoms with Crippen molar-refractivity contribution in [2.24, 2.45) is 0 Å². The normalized spacial score (nSPS) is 11.5. The number of carbonyl (C=O) groups is 2. The highest BCUT2D eigenvalue weighted by Gasteiger charge is 2.27. The number of amides is 1. The van der Waals surface area contributed by atoms with Crippen LogP contribution >= 0.6 is 11.6 Å². The third-order valence-electron chi connectivity index (χ3n) is 4.20. The van der Waals surface area contributed by atoms with Gasteiger partial charge in [0.25, 0.3) is 5.91 Å². The van der Waals surface area contributed by atoms with Gasteiger partial charge in [0.1, 0.15) is 5.15 Å². The Kier molecular flexibility index (Phi) is 6.06. The highest BCUT2D eigenvalue weighted by Crippen LogP contribution is 2.24. The first-order chi connectivity index (χ1) is 13.5. The first-order valence-electron chi connectivity index (χ1n) is 8.70. The number of rotatable bonds is 5. The topological polar surface area (TPSA) is 68.3 Å². The molecule has 0 bridgehead atoms. The van der Waals surface area contributed by atoms with Crippen LogP contribution in [0.15, 0.2) is 66.9 Å². The van der Waals surface area contributed by atoms with E-state index < -0.39 is 18.0 Å². The smallest absolute Gasteiger partial charge is 0.342 e. The van der Waals surface area contributed by atoms with Crippen molar-refractivity contribution in [3.05, 3.63) is 94.3 Å². The van der Waals surface area contributed by atoms with E-state index in [9.17, 15) is 9.59 Å². The summed E-state index contributed by atoms with van der Waals surface area (Å²) in [6, 6.07) is 17.7. The zero-order valence-corrected chi connectivity index (χ0v) is 16.2. The van der Waals surface area contributed by atoms with Crippen molar-refractivity contribution < 1.29 is 14.3 Å². The van der Waals surface area contributed by atoms with Crippen molar-refractivity contribution in [1.82, 2.24) is 4.98 Å². The molecule has 2 aromatic carbocycles. The predicted molar refractivity (Wildman–Crippen MR) is 108 cm³/mol. The van der Waals surface area contributed by atoms with Gasteiger partial charge in [-0.15, -0.1) is 0 Å².